The highest BCUT2D eigenvalue weighted by Crippen LogP contribution is 2.10. The summed E-state index contributed by atoms with van der Waals surface area (Å²) in [6, 6.07) is 0. The van der Waals surface area contributed by atoms with Crippen molar-refractivity contribution in [1.29, 1.82) is 0 Å². The Morgan fingerprint density at radius 1 is 0.750 bits per heavy atom. The third kappa shape index (κ3) is 16.2. The summed E-state index contributed by atoms with van der Waals surface area (Å²) in [5, 5.41) is 0. The summed E-state index contributed by atoms with van der Waals surface area (Å²) < 4.78 is 0. The smallest absolute Gasteiger partial charge is 0.00989 e. The molecule has 0 heterocycles. The molecule has 0 amide bonds. The second-order valence-electron chi connectivity index (χ2n) is 4.68. The van der Waals surface area contributed by atoms with Crippen LogP contribution in [0.25, 0.3) is 0 Å². The van der Waals surface area contributed by atoms with Crippen LogP contribution in [0.3, 0.4) is 0 Å². The van der Waals surface area contributed by atoms with Gasteiger partial charge in [0, 0.05) is 6.42 Å². The van der Waals surface area contributed by atoms with Crippen LogP contribution in [-0.2, 0) is 0 Å². The van der Waals surface area contributed by atoms with Gasteiger partial charge < -0.3 is 0 Å². The van der Waals surface area contributed by atoms with Crippen molar-refractivity contribution in [2.45, 2.75) is 71.1 Å². The molecule has 0 spiro atoms. The first-order valence-electron chi connectivity index (χ1n) is 7.67. The van der Waals surface area contributed by atoms with Crippen molar-refractivity contribution in [2.24, 2.45) is 0 Å². The zero-order valence-corrected chi connectivity index (χ0v) is 12.7. The maximum absolute atomic E-state index is 4.96. The van der Waals surface area contributed by atoms with Gasteiger partial charge in [0.2, 0.25) is 0 Å². The molecule has 1 radical (unpaired) electrons. The molecule has 0 nitrogen and oxygen atoms in total. The Morgan fingerprint density at radius 2 is 1.40 bits per heavy atom. The Morgan fingerprint density at radius 3 is 2.10 bits per heavy atom. The third-order valence-corrected chi connectivity index (χ3v) is 2.88. The molecular weight excluding hydrogens is 240 g/mol. The van der Waals surface area contributed by atoms with Gasteiger partial charge in [-0.1, -0.05) is 64.2 Å². The van der Waals surface area contributed by atoms with Crippen molar-refractivity contribution in [3.8, 4) is 47.9 Å². The predicted molar refractivity (Wildman–Crippen MR) is 88.3 cm³/mol. The lowest BCUT2D eigenvalue weighted by molar-refractivity contribution is 0.628. The lowest BCUT2D eigenvalue weighted by atomic mass is 10.1. The van der Waals surface area contributed by atoms with Gasteiger partial charge in [-0.15, -0.1) is 6.42 Å². The fourth-order valence-corrected chi connectivity index (χ4v) is 1.78. The molecule has 0 saturated carbocycles. The molecule has 0 unspecified atom stereocenters. The molecule has 0 aliphatic rings. The van der Waals surface area contributed by atoms with E-state index in [0.29, 0.717) is 0 Å². The van der Waals surface area contributed by atoms with Gasteiger partial charge in [0.15, 0.2) is 0 Å². The van der Waals surface area contributed by atoms with Crippen LogP contribution in [0.1, 0.15) is 71.1 Å². The van der Waals surface area contributed by atoms with Crippen molar-refractivity contribution >= 4 is 0 Å². The number of unbranched alkanes of at least 4 members (excludes halogenated alkanes) is 10. The molecule has 0 bridgehead atoms. The van der Waals surface area contributed by atoms with E-state index >= 15 is 0 Å². The molecule has 0 heteroatoms. The average molecular weight is 265 g/mol. The first-order valence-corrected chi connectivity index (χ1v) is 7.67. The fraction of sp³-hybridized carbons (Fsp3) is 0.550. The van der Waals surface area contributed by atoms with E-state index in [-0.39, 0.29) is 0 Å². The van der Waals surface area contributed by atoms with E-state index in [0.717, 1.165) is 12.8 Å². The Labute approximate surface area is 126 Å². The molecule has 105 valence electrons. The highest BCUT2D eigenvalue weighted by atomic mass is 14.0. The highest BCUT2D eigenvalue weighted by molar-refractivity contribution is 5.39. The standard InChI is InChI=1S/C20H25/c1-3-5-7-9-11-13-15-17-19-20-18-16-14-12-10-8-6-4-2/h1,14H,4,6,8,10,12,16-20H2,2H3. The number of rotatable bonds is 10. The van der Waals surface area contributed by atoms with Crippen molar-refractivity contribution < 1.29 is 0 Å². The summed E-state index contributed by atoms with van der Waals surface area (Å²) in [4.78, 5) is 0. The summed E-state index contributed by atoms with van der Waals surface area (Å²) in [5.41, 5.74) is 0. The molecular formula is C20H25. The lowest BCUT2D eigenvalue weighted by Gasteiger charge is -2.00. The molecule has 0 aromatic heterocycles. The van der Waals surface area contributed by atoms with Gasteiger partial charge in [-0.2, -0.15) is 0 Å². The zero-order chi connectivity index (χ0) is 14.7. The summed E-state index contributed by atoms with van der Waals surface area (Å²) >= 11 is 0. The Hall–Kier alpha value is -1.76. The minimum Gasteiger partial charge on any atom is -0.106 e. The summed E-state index contributed by atoms with van der Waals surface area (Å²) in [7, 11) is 0. The Kier molecular flexibility index (Phi) is 15.7. The molecule has 0 saturated heterocycles. The normalized spacial score (nSPS) is 8.20. The lowest BCUT2D eigenvalue weighted by Crippen LogP contribution is -1.82. The monoisotopic (exact) mass is 265 g/mol. The van der Waals surface area contributed by atoms with Gasteiger partial charge in [-0.25, -0.2) is 0 Å². The van der Waals surface area contributed by atoms with Crippen LogP contribution in [-0.4, -0.2) is 0 Å². The van der Waals surface area contributed by atoms with Crippen molar-refractivity contribution in [2.75, 3.05) is 0 Å². The van der Waals surface area contributed by atoms with Crippen molar-refractivity contribution in [3.05, 3.63) is 6.42 Å². The van der Waals surface area contributed by atoms with Crippen LogP contribution in [0.15, 0.2) is 0 Å². The van der Waals surface area contributed by atoms with Gasteiger partial charge in [-0.3, -0.25) is 0 Å². The van der Waals surface area contributed by atoms with Crippen LogP contribution in [0.2, 0.25) is 0 Å². The number of hydrogen-bond acceptors (Lipinski definition) is 0. The summed E-state index contributed by atoms with van der Waals surface area (Å²) in [5.74, 6) is 18.2. The van der Waals surface area contributed by atoms with Crippen LogP contribution >= 0.6 is 0 Å². The van der Waals surface area contributed by atoms with E-state index in [1.807, 2.05) is 0 Å². The molecule has 0 N–H and O–H groups in total. The van der Waals surface area contributed by atoms with Crippen LogP contribution in [0.5, 0.6) is 0 Å². The molecule has 0 aromatic carbocycles. The van der Waals surface area contributed by atoms with Gasteiger partial charge >= 0.3 is 0 Å². The Balaban J connectivity index is 3.26. The number of terminal acetylenes is 1. The molecule has 0 aliphatic heterocycles. The minimum atomic E-state index is 0.924. The SMILES string of the molecule is C#CC#CC#CC#CCCCCC[CH]CCCCCC. The van der Waals surface area contributed by atoms with E-state index < -0.39 is 0 Å². The second kappa shape index (κ2) is 17.2. The van der Waals surface area contributed by atoms with Gasteiger partial charge in [-0.05, 0) is 48.4 Å². The van der Waals surface area contributed by atoms with E-state index in [1.54, 1.807) is 0 Å². The summed E-state index contributed by atoms with van der Waals surface area (Å²) in [6.45, 7) is 2.25. The van der Waals surface area contributed by atoms with E-state index in [4.69, 9.17) is 6.42 Å². The fourth-order valence-electron chi connectivity index (χ4n) is 1.78. The summed E-state index contributed by atoms with van der Waals surface area (Å²) in [6.07, 6.45) is 20.0. The zero-order valence-electron chi connectivity index (χ0n) is 12.7. The number of hydrogen-bond donors (Lipinski definition) is 0. The van der Waals surface area contributed by atoms with E-state index in [1.165, 1.54) is 51.4 Å². The Bertz CT molecular complexity index is 428. The van der Waals surface area contributed by atoms with Crippen molar-refractivity contribution in [1.82, 2.24) is 0 Å². The van der Waals surface area contributed by atoms with Crippen LogP contribution < -0.4 is 0 Å². The topological polar surface area (TPSA) is 0 Å². The predicted octanol–water partition coefficient (Wildman–Crippen LogP) is 4.75. The van der Waals surface area contributed by atoms with Crippen LogP contribution in [0, 0.1) is 54.3 Å². The second-order valence-corrected chi connectivity index (χ2v) is 4.68. The quantitative estimate of drug-likeness (QED) is 0.395. The van der Waals surface area contributed by atoms with Gasteiger partial charge in [0.25, 0.3) is 0 Å². The first-order chi connectivity index (χ1) is 9.91. The first kappa shape index (κ1) is 18.2. The molecule has 0 atom stereocenters. The van der Waals surface area contributed by atoms with Gasteiger partial charge in [0.05, 0.1) is 0 Å². The molecule has 0 fully saturated rings. The largest absolute Gasteiger partial charge is 0.106 e. The van der Waals surface area contributed by atoms with E-state index in [9.17, 15) is 0 Å². The van der Waals surface area contributed by atoms with E-state index in [2.05, 4.69) is 54.8 Å². The molecule has 0 aromatic rings. The van der Waals surface area contributed by atoms with Gasteiger partial charge in [0.1, 0.15) is 0 Å². The highest BCUT2D eigenvalue weighted by Gasteiger charge is 1.91. The third-order valence-electron chi connectivity index (χ3n) is 2.88. The molecule has 20 heavy (non-hydrogen) atoms. The minimum absolute atomic E-state index is 0.924. The molecule has 0 rings (SSSR count). The van der Waals surface area contributed by atoms with Crippen molar-refractivity contribution in [3.63, 3.8) is 0 Å². The maximum Gasteiger partial charge on any atom is 0.00989 e. The maximum atomic E-state index is 4.96. The van der Waals surface area contributed by atoms with Crippen LogP contribution in [0.4, 0.5) is 0 Å². The average Bonchev–Trinajstić information content (AvgIpc) is 2.47. The molecule has 0 aliphatic carbocycles.